The van der Waals surface area contributed by atoms with Gasteiger partial charge in [-0.1, -0.05) is 53.7 Å². The number of nitrogens with zero attached hydrogens (tertiary/aromatic N) is 1. The Kier molecular flexibility index (Phi) is 18.4. The van der Waals surface area contributed by atoms with E-state index in [1.165, 1.54) is 12.1 Å². The second-order valence-corrected chi connectivity index (χ2v) is 20.7. The highest BCUT2D eigenvalue weighted by atomic mass is 35.5. The Morgan fingerprint density at radius 3 is 1.44 bits per heavy atom. The van der Waals surface area contributed by atoms with Crippen molar-refractivity contribution in [1.82, 2.24) is 20.9 Å². The normalized spacial score (nSPS) is 16.7. The third kappa shape index (κ3) is 16.0. The zero-order valence-corrected chi connectivity index (χ0v) is 35.5. The molecule has 2 aromatic rings. The van der Waals surface area contributed by atoms with E-state index in [2.05, 4.69) is 20.9 Å². The second-order valence-electron chi connectivity index (χ2n) is 15.8. The van der Waals surface area contributed by atoms with Gasteiger partial charge in [0.05, 0.1) is 31.4 Å². The maximum Gasteiger partial charge on any atom is 0.416 e. The van der Waals surface area contributed by atoms with Gasteiger partial charge in [0.1, 0.15) is 0 Å². The molecule has 10 nitrogen and oxygen atoms in total. The maximum absolute atomic E-state index is 12.9. The van der Waals surface area contributed by atoms with Crippen molar-refractivity contribution in [2.45, 2.75) is 99.9 Å². The number of likely N-dealkylation sites (tertiary alicyclic amines) is 1. The second kappa shape index (κ2) is 20.9. The largest absolute Gasteiger partial charge is 0.416 e. The van der Waals surface area contributed by atoms with Crippen LogP contribution in [-0.4, -0.2) is 95.7 Å². The number of nitrogens with one attached hydrogen (secondary N) is 3. The molecule has 0 bridgehead atoms. The van der Waals surface area contributed by atoms with E-state index in [1.807, 2.05) is 41.5 Å². The summed E-state index contributed by atoms with van der Waals surface area (Å²) in [6.45, 7) is 14.9. The number of hydrogen-bond acceptors (Lipinski definition) is 8. The number of carbonyl (C=O) groups is 2. The number of sulfone groups is 2. The first-order valence-electron chi connectivity index (χ1n) is 18.5. The van der Waals surface area contributed by atoms with E-state index in [0.29, 0.717) is 83.4 Å². The fourth-order valence-electron chi connectivity index (χ4n) is 5.65. The minimum Gasteiger partial charge on any atom is -0.354 e. The number of carbonyl (C=O) groups excluding carboxylic acids is 2. The smallest absolute Gasteiger partial charge is 0.354 e. The molecule has 0 atom stereocenters. The van der Waals surface area contributed by atoms with Crippen molar-refractivity contribution in [2.24, 2.45) is 10.8 Å². The van der Waals surface area contributed by atoms with Gasteiger partial charge in [-0.2, -0.15) is 26.3 Å². The molecular weight excluding hydrogens is 822 g/mol. The topological polar surface area (TPSA) is 142 Å². The van der Waals surface area contributed by atoms with Crippen molar-refractivity contribution in [3.05, 3.63) is 59.7 Å². The molecule has 2 fully saturated rings. The molecule has 2 heterocycles. The fraction of sp³-hybridized carbons (Fsp3) is 0.632. The van der Waals surface area contributed by atoms with Gasteiger partial charge in [-0.05, 0) is 88.3 Å². The highest BCUT2D eigenvalue weighted by molar-refractivity contribution is 7.92. The Morgan fingerprint density at radius 1 is 0.684 bits per heavy atom. The third-order valence-electron chi connectivity index (χ3n) is 9.13. The van der Waals surface area contributed by atoms with Crippen molar-refractivity contribution < 1.29 is 52.8 Å². The Morgan fingerprint density at radius 2 is 1.07 bits per heavy atom. The summed E-state index contributed by atoms with van der Waals surface area (Å²) < 4.78 is 126. The molecule has 2 saturated heterocycles. The van der Waals surface area contributed by atoms with Crippen molar-refractivity contribution >= 4 is 43.1 Å². The molecule has 0 saturated carbocycles. The standard InChI is InChI=1S/C19H27F3N2O3S.C12H14F3NO2S.C7H14ClNO/c1-18(2,3)17(25)23-9-12-24-10-7-15(8-11-24)28(26,27)16-6-4-5-14(13-16)19(20,21)22;13-12(14,15)9-2-1-3-11(8-9)19(17,18)10-4-6-16-7-5-10;1-7(2,3)6(10)9-5-4-8/h4-6,13,15H,7-12H2,1-3H3,(H,23,25);1-3,8,10,16H,4-7H2;4-5H2,1-3H3,(H,9,10). The summed E-state index contributed by atoms with van der Waals surface area (Å²) >= 11 is 5.38. The third-order valence-corrected chi connectivity index (χ3v) is 13.8. The first kappa shape index (κ1) is 50.2. The van der Waals surface area contributed by atoms with E-state index in [1.54, 1.807) is 0 Å². The summed E-state index contributed by atoms with van der Waals surface area (Å²) in [6, 6.07) is 7.89. The number of rotatable bonds is 9. The van der Waals surface area contributed by atoms with Crippen LogP contribution in [0.25, 0.3) is 0 Å². The van der Waals surface area contributed by atoms with Crippen LogP contribution < -0.4 is 16.0 Å². The number of amides is 2. The van der Waals surface area contributed by atoms with E-state index < -0.39 is 59.1 Å². The molecule has 324 valence electrons. The Hall–Kier alpha value is -2.93. The Bertz CT molecular complexity index is 1830. The van der Waals surface area contributed by atoms with Gasteiger partial charge in [0.25, 0.3) is 0 Å². The zero-order valence-electron chi connectivity index (χ0n) is 33.1. The summed E-state index contributed by atoms with van der Waals surface area (Å²) in [7, 11) is -7.50. The average Bonchev–Trinajstić information content (AvgIpc) is 3.13. The number of halogens is 7. The molecule has 3 N–H and O–H groups in total. The molecule has 4 rings (SSSR count). The van der Waals surface area contributed by atoms with Gasteiger partial charge in [-0.25, -0.2) is 16.8 Å². The SMILES string of the molecule is CC(C)(C)C(=O)NCCCl.CC(C)(C)C(=O)NCCN1CCC(S(=O)(=O)c2cccc(C(F)(F)F)c2)CC1.O=S(=O)(c1cccc(C(F)(F)F)c1)C1CCNCC1. The van der Waals surface area contributed by atoms with E-state index in [4.69, 9.17) is 11.6 Å². The van der Waals surface area contributed by atoms with Crippen LogP contribution >= 0.6 is 11.6 Å². The minimum absolute atomic E-state index is 0.0467. The van der Waals surface area contributed by atoms with Crippen LogP contribution in [0.3, 0.4) is 0 Å². The van der Waals surface area contributed by atoms with E-state index in [-0.39, 0.29) is 27.0 Å². The van der Waals surface area contributed by atoms with Gasteiger partial charge in [0.15, 0.2) is 19.7 Å². The lowest BCUT2D eigenvalue weighted by Crippen LogP contribution is -2.44. The van der Waals surface area contributed by atoms with E-state index in [9.17, 15) is 52.8 Å². The van der Waals surface area contributed by atoms with Crippen molar-refractivity contribution in [3.63, 3.8) is 0 Å². The van der Waals surface area contributed by atoms with Gasteiger partial charge in [-0.3, -0.25) is 9.59 Å². The molecular formula is C38H55ClF6N4O6S2. The highest BCUT2D eigenvalue weighted by Crippen LogP contribution is 2.34. The predicted octanol–water partition coefficient (Wildman–Crippen LogP) is 6.72. The number of benzene rings is 2. The van der Waals surface area contributed by atoms with Crippen LogP contribution in [-0.2, 0) is 41.6 Å². The molecule has 0 unspecified atom stereocenters. The monoisotopic (exact) mass is 876 g/mol. The first-order valence-corrected chi connectivity index (χ1v) is 22.1. The minimum atomic E-state index is -4.58. The van der Waals surface area contributed by atoms with Crippen LogP contribution in [0, 0.1) is 10.8 Å². The van der Waals surface area contributed by atoms with Gasteiger partial charge in [-0.15, -0.1) is 11.6 Å². The summed E-state index contributed by atoms with van der Waals surface area (Å²) in [5.74, 6) is 0.476. The van der Waals surface area contributed by atoms with Gasteiger partial charge in [0.2, 0.25) is 11.8 Å². The lowest BCUT2D eigenvalue weighted by molar-refractivity contribution is -0.138. The molecule has 0 spiro atoms. The van der Waals surface area contributed by atoms with Gasteiger partial charge >= 0.3 is 12.4 Å². The number of piperidine rings is 2. The van der Waals surface area contributed by atoms with Crippen molar-refractivity contribution in [1.29, 1.82) is 0 Å². The fourth-order valence-corrected chi connectivity index (χ4v) is 9.32. The van der Waals surface area contributed by atoms with Crippen LogP contribution in [0.1, 0.15) is 78.4 Å². The van der Waals surface area contributed by atoms with E-state index >= 15 is 0 Å². The maximum atomic E-state index is 12.9. The number of alkyl halides is 7. The lowest BCUT2D eigenvalue weighted by Gasteiger charge is -2.32. The average molecular weight is 877 g/mol. The summed E-state index contributed by atoms with van der Waals surface area (Å²) in [5.41, 5.74) is -2.65. The van der Waals surface area contributed by atoms with Gasteiger partial charge < -0.3 is 20.9 Å². The molecule has 2 amide bonds. The van der Waals surface area contributed by atoms with Crippen LogP contribution in [0.4, 0.5) is 26.3 Å². The molecule has 2 aliphatic heterocycles. The Balaban J connectivity index is 0.000000332. The van der Waals surface area contributed by atoms with Crippen molar-refractivity contribution in [3.8, 4) is 0 Å². The molecule has 0 aromatic heterocycles. The highest BCUT2D eigenvalue weighted by Gasteiger charge is 2.36. The van der Waals surface area contributed by atoms with Crippen LogP contribution in [0.5, 0.6) is 0 Å². The molecule has 57 heavy (non-hydrogen) atoms. The molecule has 0 aliphatic carbocycles. The zero-order chi connectivity index (χ0) is 43.5. The molecule has 2 aliphatic rings. The molecule has 0 radical (unpaired) electrons. The van der Waals surface area contributed by atoms with Crippen molar-refractivity contribution in [2.75, 3.05) is 51.7 Å². The predicted molar refractivity (Wildman–Crippen MR) is 208 cm³/mol. The van der Waals surface area contributed by atoms with Crippen LogP contribution in [0.15, 0.2) is 58.3 Å². The Labute approximate surface area is 337 Å². The first-order chi connectivity index (χ1) is 26.1. The summed E-state index contributed by atoms with van der Waals surface area (Å²) in [5, 5.41) is 7.29. The number of hydrogen-bond donors (Lipinski definition) is 3. The van der Waals surface area contributed by atoms with E-state index in [0.717, 1.165) is 30.3 Å². The van der Waals surface area contributed by atoms with Crippen LogP contribution in [0.2, 0.25) is 0 Å². The summed E-state index contributed by atoms with van der Waals surface area (Å²) in [6.07, 6.45) is -7.54. The summed E-state index contributed by atoms with van der Waals surface area (Å²) in [4.78, 5) is 24.4. The lowest BCUT2D eigenvalue weighted by atomic mass is 9.96. The molecule has 19 heteroatoms. The van der Waals surface area contributed by atoms with Gasteiger partial charge in [0, 0.05) is 36.3 Å². The quantitative estimate of drug-likeness (QED) is 0.186. The molecule has 2 aromatic carbocycles.